The van der Waals surface area contributed by atoms with Crippen molar-refractivity contribution in [2.75, 3.05) is 13.2 Å². The van der Waals surface area contributed by atoms with Crippen LogP contribution in [0.1, 0.15) is 34.1 Å². The first-order valence-corrected chi connectivity index (χ1v) is 4.79. The van der Waals surface area contributed by atoms with Gasteiger partial charge in [0.1, 0.15) is 0 Å². The maximum atomic E-state index is 10.3. The second-order valence-electron chi connectivity index (χ2n) is 4.69. The maximum Gasteiger partial charge on any atom is 0.328 e. The van der Waals surface area contributed by atoms with Crippen molar-refractivity contribution in [2.45, 2.75) is 34.1 Å². The van der Waals surface area contributed by atoms with Gasteiger partial charge in [0.05, 0.1) is 6.61 Å². The third-order valence-electron chi connectivity index (χ3n) is 1.70. The highest BCUT2D eigenvalue weighted by Gasteiger charge is 2.09. The molecule has 0 unspecified atom stereocenters. The van der Waals surface area contributed by atoms with Crippen LogP contribution >= 0.6 is 0 Å². The van der Waals surface area contributed by atoms with Crippen LogP contribution in [0.25, 0.3) is 0 Å². The maximum absolute atomic E-state index is 10.3. The smallest absolute Gasteiger partial charge is 0.328 e. The molecule has 0 aliphatic rings. The molecule has 0 aliphatic carbocycles. The molecule has 0 atom stereocenters. The Kier molecular flexibility index (Phi) is 5.46. The molecule has 0 aliphatic heterocycles. The second-order valence-corrected chi connectivity index (χ2v) is 4.69. The van der Waals surface area contributed by atoms with Crippen LogP contribution in [0.4, 0.5) is 0 Å². The minimum absolute atomic E-state index is 0.268. The number of hydrogen-bond donors (Lipinski definition) is 1. The van der Waals surface area contributed by atoms with Crippen LogP contribution < -0.4 is 0 Å². The molecule has 0 rings (SSSR count). The molecule has 3 heteroatoms. The van der Waals surface area contributed by atoms with Crippen molar-refractivity contribution >= 4 is 5.97 Å². The fraction of sp³-hybridized carbons (Fsp3) is 0.727. The fourth-order valence-corrected chi connectivity index (χ4v) is 0.864. The Morgan fingerprint density at radius 1 is 1.43 bits per heavy atom. The van der Waals surface area contributed by atoms with Crippen molar-refractivity contribution in [1.82, 2.24) is 0 Å². The van der Waals surface area contributed by atoms with E-state index in [-0.39, 0.29) is 5.41 Å². The van der Waals surface area contributed by atoms with Gasteiger partial charge >= 0.3 is 5.97 Å². The van der Waals surface area contributed by atoms with Crippen LogP contribution in [-0.2, 0) is 9.53 Å². The van der Waals surface area contributed by atoms with E-state index in [0.717, 1.165) is 12.0 Å². The number of hydrogen-bond acceptors (Lipinski definition) is 2. The summed E-state index contributed by atoms with van der Waals surface area (Å²) in [6, 6.07) is 0. The van der Waals surface area contributed by atoms with E-state index in [9.17, 15) is 4.79 Å². The van der Waals surface area contributed by atoms with E-state index in [0.29, 0.717) is 13.2 Å². The molecule has 0 aromatic rings. The molecule has 0 bridgehead atoms. The first-order valence-electron chi connectivity index (χ1n) is 4.79. The van der Waals surface area contributed by atoms with Gasteiger partial charge in [0.25, 0.3) is 0 Å². The highest BCUT2D eigenvalue weighted by atomic mass is 16.5. The standard InChI is InChI=1S/C11H20O3/c1-9(7-10(12)13)8-14-6-5-11(2,3)4/h7H,5-6,8H2,1-4H3,(H,12,13). The Morgan fingerprint density at radius 2 is 2.00 bits per heavy atom. The summed E-state index contributed by atoms with van der Waals surface area (Å²) >= 11 is 0. The molecule has 0 spiro atoms. The van der Waals surface area contributed by atoms with Crippen LogP contribution in [0.3, 0.4) is 0 Å². The summed E-state index contributed by atoms with van der Waals surface area (Å²) in [6.45, 7) is 9.28. The van der Waals surface area contributed by atoms with Crippen LogP contribution in [0.15, 0.2) is 11.6 Å². The lowest BCUT2D eigenvalue weighted by atomic mass is 9.93. The largest absolute Gasteiger partial charge is 0.478 e. The third-order valence-corrected chi connectivity index (χ3v) is 1.70. The zero-order chi connectivity index (χ0) is 11.2. The summed E-state index contributed by atoms with van der Waals surface area (Å²) in [5.41, 5.74) is 1.01. The number of aliphatic carboxylic acids is 1. The van der Waals surface area contributed by atoms with Gasteiger partial charge in [-0.25, -0.2) is 4.79 Å². The van der Waals surface area contributed by atoms with E-state index in [2.05, 4.69) is 20.8 Å². The number of rotatable bonds is 5. The molecule has 0 amide bonds. The number of carbonyl (C=O) groups is 1. The lowest BCUT2D eigenvalue weighted by Crippen LogP contribution is -2.10. The molecule has 0 saturated heterocycles. The zero-order valence-corrected chi connectivity index (χ0v) is 9.46. The molecular weight excluding hydrogens is 180 g/mol. The zero-order valence-electron chi connectivity index (χ0n) is 9.46. The summed E-state index contributed by atoms with van der Waals surface area (Å²) in [5.74, 6) is -0.915. The van der Waals surface area contributed by atoms with Crippen LogP contribution in [0.5, 0.6) is 0 Å². The molecule has 0 fully saturated rings. The van der Waals surface area contributed by atoms with E-state index < -0.39 is 5.97 Å². The van der Waals surface area contributed by atoms with Crippen molar-refractivity contribution in [3.05, 3.63) is 11.6 Å². The van der Waals surface area contributed by atoms with Gasteiger partial charge in [-0.2, -0.15) is 0 Å². The second kappa shape index (κ2) is 5.81. The normalized spacial score (nSPS) is 13.0. The van der Waals surface area contributed by atoms with E-state index in [1.807, 2.05) is 0 Å². The average molecular weight is 200 g/mol. The van der Waals surface area contributed by atoms with Crippen molar-refractivity contribution < 1.29 is 14.6 Å². The highest BCUT2D eigenvalue weighted by Crippen LogP contribution is 2.17. The quantitative estimate of drug-likeness (QED) is 0.547. The van der Waals surface area contributed by atoms with Gasteiger partial charge in [0.15, 0.2) is 0 Å². The molecule has 0 aromatic carbocycles. The van der Waals surface area contributed by atoms with Crippen LogP contribution in [0, 0.1) is 5.41 Å². The van der Waals surface area contributed by atoms with Gasteiger partial charge in [0.2, 0.25) is 0 Å². The fourth-order valence-electron chi connectivity index (χ4n) is 0.864. The predicted molar refractivity (Wildman–Crippen MR) is 56.3 cm³/mol. The molecule has 0 aromatic heterocycles. The number of carboxylic acid groups (broad SMARTS) is 1. The van der Waals surface area contributed by atoms with Gasteiger partial charge in [-0.3, -0.25) is 0 Å². The number of ether oxygens (including phenoxy) is 1. The molecule has 0 heterocycles. The Hall–Kier alpha value is -0.830. The van der Waals surface area contributed by atoms with Gasteiger partial charge in [0, 0.05) is 12.7 Å². The molecule has 14 heavy (non-hydrogen) atoms. The van der Waals surface area contributed by atoms with Crippen molar-refractivity contribution in [3.8, 4) is 0 Å². The molecule has 3 nitrogen and oxygen atoms in total. The summed E-state index contributed by atoms with van der Waals surface area (Å²) in [6.07, 6.45) is 2.16. The van der Waals surface area contributed by atoms with Crippen molar-refractivity contribution in [3.63, 3.8) is 0 Å². The third kappa shape index (κ3) is 9.26. The Labute approximate surface area is 85.8 Å². The minimum Gasteiger partial charge on any atom is -0.478 e. The minimum atomic E-state index is -0.915. The summed E-state index contributed by atoms with van der Waals surface area (Å²) in [7, 11) is 0. The van der Waals surface area contributed by atoms with E-state index in [1.165, 1.54) is 6.08 Å². The van der Waals surface area contributed by atoms with Gasteiger partial charge in [-0.15, -0.1) is 0 Å². The lowest BCUT2D eigenvalue weighted by Gasteiger charge is -2.17. The first kappa shape index (κ1) is 13.2. The van der Waals surface area contributed by atoms with Crippen LogP contribution in [0.2, 0.25) is 0 Å². The summed E-state index contributed by atoms with van der Waals surface area (Å²) in [4.78, 5) is 10.3. The van der Waals surface area contributed by atoms with Gasteiger partial charge in [-0.1, -0.05) is 20.8 Å². The first-order chi connectivity index (χ1) is 6.31. The van der Waals surface area contributed by atoms with Crippen LogP contribution in [-0.4, -0.2) is 24.3 Å². The predicted octanol–water partition coefficient (Wildman–Crippen LogP) is 2.47. The monoisotopic (exact) mass is 200 g/mol. The van der Waals surface area contributed by atoms with E-state index >= 15 is 0 Å². The highest BCUT2D eigenvalue weighted by molar-refractivity contribution is 5.80. The Balaban J connectivity index is 3.60. The van der Waals surface area contributed by atoms with Crippen molar-refractivity contribution in [1.29, 1.82) is 0 Å². The van der Waals surface area contributed by atoms with Gasteiger partial charge < -0.3 is 9.84 Å². The topological polar surface area (TPSA) is 46.5 Å². The molecule has 1 N–H and O–H groups in total. The SMILES string of the molecule is CC(=CC(=O)O)COCCC(C)(C)C. The summed E-state index contributed by atoms with van der Waals surface area (Å²) < 4.78 is 5.34. The number of carboxylic acids is 1. The van der Waals surface area contributed by atoms with Gasteiger partial charge in [-0.05, 0) is 24.3 Å². The average Bonchev–Trinajstić information content (AvgIpc) is 1.95. The molecule has 0 radical (unpaired) electrons. The Bertz CT molecular complexity index is 211. The molecule has 0 saturated carbocycles. The molecule has 82 valence electrons. The molecular formula is C11H20O3. The Morgan fingerprint density at radius 3 is 2.43 bits per heavy atom. The van der Waals surface area contributed by atoms with E-state index in [4.69, 9.17) is 9.84 Å². The van der Waals surface area contributed by atoms with Crippen molar-refractivity contribution in [2.24, 2.45) is 5.41 Å². The summed E-state index contributed by atoms with van der Waals surface area (Å²) in [5, 5.41) is 8.44. The lowest BCUT2D eigenvalue weighted by molar-refractivity contribution is -0.131. The van der Waals surface area contributed by atoms with E-state index in [1.54, 1.807) is 6.92 Å².